The molecule has 5 heteroatoms. The molecular weight excluding hydrogens is 286 g/mol. The van der Waals surface area contributed by atoms with E-state index in [1.807, 2.05) is 30.5 Å². The lowest BCUT2D eigenvalue weighted by atomic mass is 10.1. The maximum atomic E-state index is 12.0. The molecule has 0 amide bonds. The summed E-state index contributed by atoms with van der Waals surface area (Å²) in [5.74, 6) is -0.182. The van der Waals surface area contributed by atoms with Gasteiger partial charge in [-0.2, -0.15) is 0 Å². The first-order chi connectivity index (χ1) is 10.1. The topological polar surface area (TPSA) is 60.2 Å². The molecule has 0 heterocycles. The van der Waals surface area contributed by atoms with E-state index in [9.17, 15) is 14.9 Å². The van der Waals surface area contributed by atoms with Gasteiger partial charge in [-0.05, 0) is 42.2 Å². The first kappa shape index (κ1) is 15.0. The van der Waals surface area contributed by atoms with Crippen molar-refractivity contribution in [2.24, 2.45) is 0 Å². The first-order valence-corrected chi connectivity index (χ1v) is 7.43. The molecule has 21 heavy (non-hydrogen) atoms. The van der Waals surface area contributed by atoms with Gasteiger partial charge >= 0.3 is 0 Å². The van der Waals surface area contributed by atoms with Gasteiger partial charge in [0.05, 0.1) is 4.92 Å². The number of non-ortho nitro benzene ring substituents is 1. The zero-order valence-corrected chi connectivity index (χ0v) is 12.2. The molecule has 0 unspecified atom stereocenters. The van der Waals surface area contributed by atoms with Crippen molar-refractivity contribution in [1.29, 1.82) is 0 Å². The minimum atomic E-state index is -0.489. The van der Waals surface area contributed by atoms with Crippen LogP contribution in [0.3, 0.4) is 0 Å². The summed E-state index contributed by atoms with van der Waals surface area (Å²) in [7, 11) is 0. The number of hydrogen-bond donors (Lipinski definition) is 0. The van der Waals surface area contributed by atoms with E-state index in [2.05, 4.69) is 0 Å². The van der Waals surface area contributed by atoms with Crippen molar-refractivity contribution in [3.05, 3.63) is 75.8 Å². The molecule has 0 radical (unpaired) electrons. The van der Waals surface area contributed by atoms with Gasteiger partial charge in [0.2, 0.25) is 0 Å². The maximum absolute atomic E-state index is 12.0. The second-order valence-electron chi connectivity index (χ2n) is 4.27. The monoisotopic (exact) mass is 299 g/mol. The largest absolute Gasteiger partial charge is 0.289 e. The van der Waals surface area contributed by atoms with E-state index < -0.39 is 4.92 Å². The van der Waals surface area contributed by atoms with Crippen molar-refractivity contribution in [1.82, 2.24) is 0 Å². The van der Waals surface area contributed by atoms with Crippen LogP contribution in [0, 0.1) is 10.1 Å². The average molecular weight is 299 g/mol. The number of nitrogens with zero attached hydrogens (tertiary/aromatic N) is 1. The second-order valence-corrected chi connectivity index (χ2v) is 5.15. The summed E-state index contributed by atoms with van der Waals surface area (Å²) in [6.45, 7) is 0. The molecule has 0 fully saturated rings. The Bertz CT molecular complexity index is 676. The summed E-state index contributed by atoms with van der Waals surface area (Å²) in [5.41, 5.74) is 1.34. The van der Waals surface area contributed by atoms with Crippen LogP contribution >= 0.6 is 11.8 Å². The van der Waals surface area contributed by atoms with E-state index in [1.54, 1.807) is 17.8 Å². The van der Waals surface area contributed by atoms with Crippen LogP contribution in [0.15, 0.2) is 59.5 Å². The summed E-state index contributed by atoms with van der Waals surface area (Å²) in [4.78, 5) is 23.2. The van der Waals surface area contributed by atoms with E-state index in [0.717, 1.165) is 10.5 Å². The molecule has 0 aliphatic heterocycles. The Morgan fingerprint density at radius 1 is 1.10 bits per heavy atom. The molecule has 0 atom stereocenters. The Balaban J connectivity index is 2.09. The summed E-state index contributed by atoms with van der Waals surface area (Å²) in [5, 5.41) is 10.6. The van der Waals surface area contributed by atoms with Crippen molar-refractivity contribution in [3.8, 4) is 0 Å². The Morgan fingerprint density at radius 3 is 2.24 bits per heavy atom. The fraction of sp³-hybridized carbons (Fsp3) is 0.0625. The molecule has 0 saturated heterocycles. The molecule has 0 aliphatic carbocycles. The number of nitro groups is 1. The average Bonchev–Trinajstić information content (AvgIpc) is 2.53. The van der Waals surface area contributed by atoms with Crippen LogP contribution in [0.5, 0.6) is 0 Å². The van der Waals surface area contributed by atoms with Gasteiger partial charge in [0.1, 0.15) is 0 Å². The van der Waals surface area contributed by atoms with Crippen LogP contribution in [-0.2, 0) is 0 Å². The van der Waals surface area contributed by atoms with Gasteiger partial charge in [0, 0.05) is 22.6 Å². The fourth-order valence-corrected chi connectivity index (χ4v) is 2.14. The van der Waals surface area contributed by atoms with E-state index in [0.29, 0.717) is 5.56 Å². The number of thioether (sulfide) groups is 1. The fourth-order valence-electron chi connectivity index (χ4n) is 1.73. The molecule has 106 valence electrons. The zero-order valence-electron chi connectivity index (χ0n) is 11.4. The molecule has 4 nitrogen and oxygen atoms in total. The molecule has 0 aliphatic rings. The first-order valence-electron chi connectivity index (χ1n) is 6.21. The van der Waals surface area contributed by atoms with Gasteiger partial charge in [0.15, 0.2) is 5.78 Å². The summed E-state index contributed by atoms with van der Waals surface area (Å²) in [6, 6.07) is 13.4. The zero-order chi connectivity index (χ0) is 15.2. The van der Waals surface area contributed by atoms with Crippen molar-refractivity contribution < 1.29 is 9.72 Å². The molecule has 0 aromatic heterocycles. The lowest BCUT2D eigenvalue weighted by Crippen LogP contribution is -1.95. The molecule has 2 rings (SSSR count). The third-order valence-corrected chi connectivity index (χ3v) is 3.65. The van der Waals surface area contributed by atoms with Crippen LogP contribution in [0.2, 0.25) is 0 Å². The van der Waals surface area contributed by atoms with Gasteiger partial charge in [-0.25, -0.2) is 0 Å². The Hall–Kier alpha value is -2.40. The Kier molecular flexibility index (Phi) is 4.90. The minimum Gasteiger partial charge on any atom is -0.289 e. The van der Waals surface area contributed by atoms with Gasteiger partial charge in [-0.15, -0.1) is 11.8 Å². The third kappa shape index (κ3) is 4.03. The molecule has 0 spiro atoms. The van der Waals surface area contributed by atoms with E-state index in [-0.39, 0.29) is 11.5 Å². The number of rotatable bonds is 5. The maximum Gasteiger partial charge on any atom is 0.269 e. The van der Waals surface area contributed by atoms with Crippen LogP contribution in [0.4, 0.5) is 5.69 Å². The van der Waals surface area contributed by atoms with Gasteiger partial charge < -0.3 is 0 Å². The smallest absolute Gasteiger partial charge is 0.269 e. The number of carbonyl (C=O) groups excluding carboxylic acids is 1. The molecular formula is C16H13NO3S. The summed E-state index contributed by atoms with van der Waals surface area (Å²) >= 11 is 1.66. The molecule has 2 aromatic rings. The van der Waals surface area contributed by atoms with Crippen molar-refractivity contribution >= 4 is 29.3 Å². The van der Waals surface area contributed by atoms with Crippen molar-refractivity contribution in [2.45, 2.75) is 4.90 Å². The predicted molar refractivity (Wildman–Crippen MR) is 84.7 cm³/mol. The highest BCUT2D eigenvalue weighted by molar-refractivity contribution is 7.98. The number of ketones is 1. The molecule has 2 aromatic carbocycles. The lowest BCUT2D eigenvalue weighted by molar-refractivity contribution is -0.384. The Morgan fingerprint density at radius 2 is 1.71 bits per heavy atom. The van der Waals surface area contributed by atoms with E-state index >= 15 is 0 Å². The summed E-state index contributed by atoms with van der Waals surface area (Å²) < 4.78 is 0. The Labute approximate surface area is 126 Å². The van der Waals surface area contributed by atoms with Gasteiger partial charge in [-0.1, -0.05) is 18.2 Å². The predicted octanol–water partition coefficient (Wildman–Crippen LogP) is 4.21. The quantitative estimate of drug-likeness (QED) is 0.273. The number of hydrogen-bond acceptors (Lipinski definition) is 4. The SMILES string of the molecule is CSc1ccc(/C=C/C(=O)c2ccc([N+](=O)[O-])cc2)cc1. The highest BCUT2D eigenvalue weighted by atomic mass is 32.2. The number of nitro benzene ring substituents is 1. The van der Waals surface area contributed by atoms with Gasteiger partial charge in [-0.3, -0.25) is 14.9 Å². The van der Waals surface area contributed by atoms with E-state index in [1.165, 1.54) is 30.3 Å². The van der Waals surface area contributed by atoms with Crippen LogP contribution in [0.25, 0.3) is 6.08 Å². The van der Waals surface area contributed by atoms with Crippen molar-refractivity contribution in [3.63, 3.8) is 0 Å². The highest BCUT2D eigenvalue weighted by Gasteiger charge is 2.07. The normalized spacial score (nSPS) is 10.7. The molecule has 0 bridgehead atoms. The number of carbonyl (C=O) groups is 1. The second kappa shape index (κ2) is 6.85. The number of benzene rings is 2. The van der Waals surface area contributed by atoms with Crippen LogP contribution < -0.4 is 0 Å². The summed E-state index contributed by atoms with van der Waals surface area (Å²) in [6.07, 6.45) is 5.20. The molecule has 0 N–H and O–H groups in total. The van der Waals surface area contributed by atoms with Crippen molar-refractivity contribution in [2.75, 3.05) is 6.26 Å². The molecule has 0 saturated carbocycles. The number of allylic oxidation sites excluding steroid dienone is 1. The van der Waals surface area contributed by atoms with Crippen LogP contribution in [0.1, 0.15) is 15.9 Å². The standard InChI is InChI=1S/C16H13NO3S/c1-21-15-9-2-12(3-10-15)4-11-16(18)13-5-7-14(8-6-13)17(19)20/h2-11H,1H3/b11-4+. The highest BCUT2D eigenvalue weighted by Crippen LogP contribution is 2.16. The van der Waals surface area contributed by atoms with E-state index in [4.69, 9.17) is 0 Å². The third-order valence-electron chi connectivity index (χ3n) is 2.91. The van der Waals surface area contributed by atoms with Crippen LogP contribution in [-0.4, -0.2) is 17.0 Å². The lowest BCUT2D eigenvalue weighted by Gasteiger charge is -1.98. The minimum absolute atomic E-state index is 0.0248. The van der Waals surface area contributed by atoms with Gasteiger partial charge in [0.25, 0.3) is 5.69 Å².